The highest BCUT2D eigenvalue weighted by molar-refractivity contribution is 7.89. The van der Waals surface area contributed by atoms with Crippen LogP contribution >= 0.6 is 0 Å². The van der Waals surface area contributed by atoms with Crippen LogP contribution in [0.5, 0.6) is 17.2 Å². The lowest BCUT2D eigenvalue weighted by molar-refractivity contribution is 0.0730. The number of nitrogens with zero attached hydrogens (tertiary/aromatic N) is 2. The second-order valence-electron chi connectivity index (χ2n) is 8.61. The van der Waals surface area contributed by atoms with Crippen LogP contribution in [0, 0.1) is 0 Å². The second-order valence-corrected chi connectivity index (χ2v) is 10.5. The van der Waals surface area contributed by atoms with Crippen LogP contribution in [-0.2, 0) is 14.8 Å². The molecule has 0 aromatic heterocycles. The third-order valence-corrected chi connectivity index (χ3v) is 8.34. The van der Waals surface area contributed by atoms with Gasteiger partial charge in [0.1, 0.15) is 0 Å². The minimum Gasteiger partial charge on any atom is -0.493 e. The van der Waals surface area contributed by atoms with E-state index in [1.165, 1.54) is 25.6 Å². The van der Waals surface area contributed by atoms with E-state index in [9.17, 15) is 13.2 Å². The molecule has 10 nitrogen and oxygen atoms in total. The summed E-state index contributed by atoms with van der Waals surface area (Å²) in [7, 11) is 0.715. The quantitative estimate of drug-likeness (QED) is 0.567. The molecule has 2 aromatic rings. The predicted octanol–water partition coefficient (Wildman–Crippen LogP) is 2.98. The summed E-state index contributed by atoms with van der Waals surface area (Å²) in [6.45, 7) is 2.98. The highest BCUT2D eigenvalue weighted by Gasteiger charge is 2.28. The van der Waals surface area contributed by atoms with E-state index in [0.29, 0.717) is 49.2 Å². The zero-order valence-corrected chi connectivity index (χ0v) is 21.7. The van der Waals surface area contributed by atoms with E-state index in [2.05, 4.69) is 10.2 Å². The highest BCUT2D eigenvalue weighted by Crippen LogP contribution is 2.39. The van der Waals surface area contributed by atoms with Gasteiger partial charge in [0.05, 0.1) is 50.8 Å². The SMILES string of the molecule is COc1cc(C(=O)Nc2cc(S(=O)(=O)N3CCOCC3)ccc2N2CCCCC2)cc(OC)c1OC. The number of benzene rings is 2. The molecule has 1 N–H and O–H groups in total. The van der Waals surface area contributed by atoms with Crippen LogP contribution in [0.3, 0.4) is 0 Å². The third-order valence-electron chi connectivity index (χ3n) is 6.45. The topological polar surface area (TPSA) is 107 Å². The van der Waals surface area contributed by atoms with Crippen LogP contribution in [-0.4, -0.2) is 79.4 Å². The van der Waals surface area contributed by atoms with Gasteiger partial charge in [0.25, 0.3) is 5.91 Å². The summed E-state index contributed by atoms with van der Waals surface area (Å²) >= 11 is 0. The number of amides is 1. The first-order valence-corrected chi connectivity index (χ1v) is 13.4. The molecule has 0 unspecified atom stereocenters. The Hall–Kier alpha value is -3.02. The van der Waals surface area contributed by atoms with E-state index in [4.69, 9.17) is 18.9 Å². The van der Waals surface area contributed by atoms with Crippen molar-refractivity contribution in [3.05, 3.63) is 35.9 Å². The normalized spacial score (nSPS) is 16.9. The third kappa shape index (κ3) is 5.37. The van der Waals surface area contributed by atoms with Gasteiger partial charge in [0.15, 0.2) is 11.5 Å². The first-order chi connectivity index (χ1) is 17.4. The number of morpholine rings is 1. The van der Waals surface area contributed by atoms with E-state index < -0.39 is 15.9 Å². The first-order valence-electron chi connectivity index (χ1n) is 12.0. The number of ether oxygens (including phenoxy) is 4. The van der Waals surface area contributed by atoms with Gasteiger partial charge in [-0.05, 0) is 49.6 Å². The summed E-state index contributed by atoms with van der Waals surface area (Å²) in [4.78, 5) is 15.7. The average Bonchev–Trinajstić information content (AvgIpc) is 2.93. The summed E-state index contributed by atoms with van der Waals surface area (Å²) in [5.74, 6) is 0.654. The van der Waals surface area contributed by atoms with Crippen LogP contribution in [0.1, 0.15) is 29.6 Å². The van der Waals surface area contributed by atoms with Crippen molar-refractivity contribution in [2.24, 2.45) is 0 Å². The predicted molar refractivity (Wildman–Crippen MR) is 136 cm³/mol. The van der Waals surface area contributed by atoms with Gasteiger partial charge in [0.2, 0.25) is 15.8 Å². The number of methoxy groups -OCH3 is 3. The fourth-order valence-corrected chi connectivity index (χ4v) is 5.96. The average molecular weight is 520 g/mol. The maximum Gasteiger partial charge on any atom is 0.255 e. The van der Waals surface area contributed by atoms with Crippen LogP contribution in [0.25, 0.3) is 0 Å². The summed E-state index contributed by atoms with van der Waals surface area (Å²) in [5, 5.41) is 2.94. The lowest BCUT2D eigenvalue weighted by atomic mass is 10.1. The van der Waals surface area contributed by atoms with Crippen LogP contribution in [0.15, 0.2) is 35.2 Å². The maximum atomic E-state index is 13.4. The Kier molecular flexibility index (Phi) is 8.22. The number of anilines is 2. The molecule has 2 fully saturated rings. The number of carbonyl (C=O) groups excluding carboxylic acids is 1. The first kappa shape index (κ1) is 26.1. The number of hydrogen-bond donors (Lipinski definition) is 1. The Bertz CT molecular complexity index is 1170. The molecule has 0 radical (unpaired) electrons. The van der Waals surface area contributed by atoms with Crippen LogP contribution in [0.2, 0.25) is 0 Å². The monoisotopic (exact) mass is 519 g/mol. The fraction of sp³-hybridized carbons (Fsp3) is 0.480. The Balaban J connectivity index is 1.71. The van der Waals surface area contributed by atoms with E-state index in [-0.39, 0.29) is 10.5 Å². The molecule has 0 bridgehead atoms. The molecule has 4 rings (SSSR count). The largest absolute Gasteiger partial charge is 0.493 e. The second kappa shape index (κ2) is 11.4. The van der Waals surface area contributed by atoms with E-state index in [1.54, 1.807) is 30.3 Å². The number of rotatable bonds is 8. The molecule has 1 amide bonds. The Morgan fingerprint density at radius 2 is 1.53 bits per heavy atom. The molecule has 0 aliphatic carbocycles. The van der Waals surface area contributed by atoms with Gasteiger partial charge in [-0.2, -0.15) is 4.31 Å². The molecule has 196 valence electrons. The Morgan fingerprint density at radius 3 is 2.11 bits per heavy atom. The molecule has 0 atom stereocenters. The number of sulfonamides is 1. The van der Waals surface area contributed by atoms with Gasteiger partial charge >= 0.3 is 0 Å². The van der Waals surface area contributed by atoms with E-state index >= 15 is 0 Å². The Labute approximate surface area is 212 Å². The smallest absolute Gasteiger partial charge is 0.255 e. The summed E-state index contributed by atoms with van der Waals surface area (Å²) < 4.78 is 49.5. The zero-order valence-electron chi connectivity index (χ0n) is 20.9. The minimum atomic E-state index is -3.74. The molecular weight excluding hydrogens is 486 g/mol. The molecular formula is C25H33N3O7S. The Morgan fingerprint density at radius 1 is 0.889 bits per heavy atom. The molecule has 2 saturated heterocycles. The molecule has 0 saturated carbocycles. The van der Waals surface area contributed by atoms with Crippen LogP contribution < -0.4 is 24.4 Å². The molecule has 36 heavy (non-hydrogen) atoms. The zero-order chi connectivity index (χ0) is 25.7. The summed E-state index contributed by atoms with van der Waals surface area (Å²) in [6, 6.07) is 8.06. The fourth-order valence-electron chi connectivity index (χ4n) is 4.53. The van der Waals surface area contributed by atoms with E-state index in [1.807, 2.05) is 0 Å². The molecule has 2 aliphatic heterocycles. The lowest BCUT2D eigenvalue weighted by Crippen LogP contribution is -2.40. The number of nitrogens with one attached hydrogen (secondary N) is 1. The van der Waals surface area contributed by atoms with Crippen molar-refractivity contribution < 1.29 is 32.2 Å². The molecule has 2 aromatic carbocycles. The van der Waals surface area contributed by atoms with Crippen molar-refractivity contribution in [1.29, 1.82) is 0 Å². The lowest BCUT2D eigenvalue weighted by Gasteiger charge is -2.31. The van der Waals surface area contributed by atoms with Gasteiger partial charge in [0, 0.05) is 31.7 Å². The van der Waals surface area contributed by atoms with Gasteiger partial charge in [-0.1, -0.05) is 0 Å². The molecule has 11 heteroatoms. The minimum absolute atomic E-state index is 0.130. The van der Waals surface area contributed by atoms with Crippen molar-refractivity contribution in [3.8, 4) is 17.2 Å². The summed E-state index contributed by atoms with van der Waals surface area (Å²) in [6.07, 6.45) is 3.22. The molecule has 2 aliphatic rings. The molecule has 0 spiro atoms. The van der Waals surface area contributed by atoms with Crippen molar-refractivity contribution in [2.45, 2.75) is 24.2 Å². The summed E-state index contributed by atoms with van der Waals surface area (Å²) in [5.41, 5.74) is 1.51. The van der Waals surface area contributed by atoms with E-state index in [0.717, 1.165) is 38.0 Å². The highest BCUT2D eigenvalue weighted by atomic mass is 32.2. The number of carbonyl (C=O) groups is 1. The van der Waals surface area contributed by atoms with Gasteiger partial charge in [-0.25, -0.2) is 8.42 Å². The standard InChI is InChI=1S/C25H33N3O7S/c1-32-22-15-18(16-23(33-2)24(22)34-3)25(29)26-20-17-19(36(30,31)28-11-13-35-14-12-28)7-8-21(20)27-9-5-4-6-10-27/h7-8,15-17H,4-6,9-14H2,1-3H3,(H,26,29). The number of hydrogen-bond acceptors (Lipinski definition) is 8. The van der Waals surface area contributed by atoms with Gasteiger partial charge in [-0.15, -0.1) is 0 Å². The van der Waals surface area contributed by atoms with Crippen molar-refractivity contribution in [1.82, 2.24) is 4.31 Å². The van der Waals surface area contributed by atoms with Crippen LogP contribution in [0.4, 0.5) is 11.4 Å². The van der Waals surface area contributed by atoms with Crippen molar-refractivity contribution >= 4 is 27.3 Å². The number of piperidine rings is 1. The maximum absolute atomic E-state index is 13.4. The van der Waals surface area contributed by atoms with Crippen molar-refractivity contribution in [3.63, 3.8) is 0 Å². The van der Waals surface area contributed by atoms with Gasteiger partial charge < -0.3 is 29.2 Å². The molecule has 2 heterocycles. The van der Waals surface area contributed by atoms with Gasteiger partial charge in [-0.3, -0.25) is 4.79 Å². The van der Waals surface area contributed by atoms with Crippen molar-refractivity contribution in [2.75, 3.05) is 70.9 Å².